The lowest BCUT2D eigenvalue weighted by Gasteiger charge is -2.17. The van der Waals surface area contributed by atoms with Crippen molar-refractivity contribution >= 4 is 11.7 Å². The van der Waals surface area contributed by atoms with E-state index in [9.17, 15) is 9.59 Å². The molecular weight excluding hydrogens is 206 g/mol. The number of carbonyl (C=O) groups is 2. The molecular formula is C11H21N3O2. The fourth-order valence-corrected chi connectivity index (χ4v) is 2.14. The van der Waals surface area contributed by atoms with Crippen molar-refractivity contribution in [2.24, 2.45) is 5.84 Å². The maximum atomic E-state index is 11.8. The SMILES string of the molecule is CN1CCC[C@@H]1C(=O)CCCCC(=O)NN. The van der Waals surface area contributed by atoms with Crippen molar-refractivity contribution in [3.8, 4) is 0 Å². The Bertz CT molecular complexity index is 256. The number of nitrogens with two attached hydrogens (primary N) is 1. The molecule has 0 spiro atoms. The summed E-state index contributed by atoms with van der Waals surface area (Å²) in [5.41, 5.74) is 2.08. The average molecular weight is 227 g/mol. The normalized spacial score (nSPS) is 21.0. The van der Waals surface area contributed by atoms with Gasteiger partial charge in [-0.15, -0.1) is 0 Å². The quantitative estimate of drug-likeness (QED) is 0.294. The second-order valence-electron chi connectivity index (χ2n) is 4.38. The van der Waals surface area contributed by atoms with E-state index in [2.05, 4.69) is 10.3 Å². The number of hydrogen-bond donors (Lipinski definition) is 2. The highest BCUT2D eigenvalue weighted by molar-refractivity contribution is 5.84. The Morgan fingerprint density at radius 1 is 1.38 bits per heavy atom. The molecule has 0 aromatic rings. The molecule has 1 atom stereocenters. The van der Waals surface area contributed by atoms with Gasteiger partial charge in [0.15, 0.2) is 0 Å². The van der Waals surface area contributed by atoms with Gasteiger partial charge in [-0.3, -0.25) is 19.9 Å². The van der Waals surface area contributed by atoms with Crippen molar-refractivity contribution in [2.75, 3.05) is 13.6 Å². The highest BCUT2D eigenvalue weighted by Gasteiger charge is 2.26. The van der Waals surface area contributed by atoms with E-state index < -0.39 is 0 Å². The predicted molar refractivity (Wildman–Crippen MR) is 61.5 cm³/mol. The van der Waals surface area contributed by atoms with Crippen molar-refractivity contribution < 1.29 is 9.59 Å². The third kappa shape index (κ3) is 3.90. The number of ketones is 1. The minimum atomic E-state index is -0.162. The van der Waals surface area contributed by atoms with Crippen LogP contribution in [0.5, 0.6) is 0 Å². The van der Waals surface area contributed by atoms with Crippen LogP contribution in [0, 0.1) is 0 Å². The molecule has 0 saturated carbocycles. The number of Topliss-reactive ketones (excluding diaryl/α,β-unsaturated/α-hetero) is 1. The van der Waals surface area contributed by atoms with Gasteiger partial charge in [-0.2, -0.15) is 0 Å². The zero-order chi connectivity index (χ0) is 12.0. The van der Waals surface area contributed by atoms with E-state index >= 15 is 0 Å². The van der Waals surface area contributed by atoms with Crippen LogP contribution in [-0.4, -0.2) is 36.2 Å². The predicted octanol–water partition coefficient (Wildman–Crippen LogP) is 0.200. The van der Waals surface area contributed by atoms with Crippen molar-refractivity contribution in [2.45, 2.75) is 44.6 Å². The van der Waals surface area contributed by atoms with Crippen LogP contribution in [0.15, 0.2) is 0 Å². The molecule has 5 nitrogen and oxygen atoms in total. The Morgan fingerprint density at radius 3 is 2.62 bits per heavy atom. The molecule has 1 aliphatic heterocycles. The number of nitrogens with one attached hydrogen (secondary N) is 1. The van der Waals surface area contributed by atoms with E-state index in [1.165, 1.54) is 0 Å². The molecule has 1 saturated heterocycles. The second-order valence-corrected chi connectivity index (χ2v) is 4.38. The monoisotopic (exact) mass is 227 g/mol. The zero-order valence-corrected chi connectivity index (χ0v) is 9.87. The third-order valence-electron chi connectivity index (χ3n) is 3.13. The molecule has 1 fully saturated rings. The minimum absolute atomic E-state index is 0.114. The zero-order valence-electron chi connectivity index (χ0n) is 9.87. The molecule has 5 heteroatoms. The van der Waals surface area contributed by atoms with E-state index in [1.54, 1.807) is 0 Å². The molecule has 1 aliphatic rings. The van der Waals surface area contributed by atoms with Gasteiger partial charge < -0.3 is 0 Å². The molecule has 0 aromatic heterocycles. The molecule has 0 radical (unpaired) electrons. The van der Waals surface area contributed by atoms with E-state index in [0.717, 1.165) is 32.2 Å². The summed E-state index contributed by atoms with van der Waals surface area (Å²) < 4.78 is 0. The summed E-state index contributed by atoms with van der Waals surface area (Å²) in [6.45, 7) is 1.02. The third-order valence-corrected chi connectivity index (χ3v) is 3.13. The number of hydrazine groups is 1. The van der Waals surface area contributed by atoms with Crippen LogP contribution < -0.4 is 11.3 Å². The number of amides is 1. The van der Waals surface area contributed by atoms with E-state index in [4.69, 9.17) is 5.84 Å². The van der Waals surface area contributed by atoms with Gasteiger partial charge >= 0.3 is 0 Å². The Kier molecular flexibility index (Phi) is 5.42. The maximum Gasteiger partial charge on any atom is 0.233 e. The Hall–Kier alpha value is -0.940. The summed E-state index contributed by atoms with van der Waals surface area (Å²) in [5.74, 6) is 5.11. The van der Waals surface area contributed by atoms with Gasteiger partial charge in [-0.25, -0.2) is 5.84 Å². The smallest absolute Gasteiger partial charge is 0.233 e. The van der Waals surface area contributed by atoms with E-state index in [-0.39, 0.29) is 11.9 Å². The molecule has 0 unspecified atom stereocenters. The molecule has 1 rings (SSSR count). The number of likely N-dealkylation sites (N-methyl/N-ethyl adjacent to an activating group) is 1. The Balaban J connectivity index is 2.13. The average Bonchev–Trinajstić information content (AvgIpc) is 2.70. The summed E-state index contributed by atoms with van der Waals surface area (Å²) in [4.78, 5) is 24.8. The standard InChI is InChI=1S/C11H21N3O2/c1-14-8-4-5-9(14)10(15)6-2-3-7-11(16)13-12/h9H,2-8,12H2,1H3,(H,13,16)/t9-/m1/s1. The van der Waals surface area contributed by atoms with E-state index in [0.29, 0.717) is 18.6 Å². The molecule has 1 heterocycles. The van der Waals surface area contributed by atoms with Crippen LogP contribution in [0.25, 0.3) is 0 Å². The highest BCUT2D eigenvalue weighted by Crippen LogP contribution is 2.17. The molecule has 3 N–H and O–H groups in total. The number of hydrogen-bond acceptors (Lipinski definition) is 4. The van der Waals surface area contributed by atoms with Gasteiger partial charge in [0.05, 0.1) is 6.04 Å². The summed E-state index contributed by atoms with van der Waals surface area (Å²) in [6.07, 6.45) is 4.58. The van der Waals surface area contributed by atoms with Crippen LogP contribution >= 0.6 is 0 Å². The minimum Gasteiger partial charge on any atom is -0.298 e. The van der Waals surface area contributed by atoms with Gasteiger partial charge in [-0.1, -0.05) is 0 Å². The van der Waals surface area contributed by atoms with Crippen molar-refractivity contribution in [1.29, 1.82) is 0 Å². The fourth-order valence-electron chi connectivity index (χ4n) is 2.14. The van der Waals surface area contributed by atoms with Crippen LogP contribution in [0.4, 0.5) is 0 Å². The van der Waals surface area contributed by atoms with Gasteiger partial charge in [0.25, 0.3) is 0 Å². The highest BCUT2D eigenvalue weighted by atomic mass is 16.2. The van der Waals surface area contributed by atoms with Crippen LogP contribution in [0.3, 0.4) is 0 Å². The molecule has 0 aromatic carbocycles. The van der Waals surface area contributed by atoms with Crippen LogP contribution in [0.2, 0.25) is 0 Å². The molecule has 0 aliphatic carbocycles. The summed E-state index contributed by atoms with van der Waals surface area (Å²) in [7, 11) is 2.00. The second kappa shape index (κ2) is 6.60. The van der Waals surface area contributed by atoms with Gasteiger partial charge in [0, 0.05) is 12.8 Å². The van der Waals surface area contributed by atoms with Crippen LogP contribution in [0.1, 0.15) is 38.5 Å². The lowest BCUT2D eigenvalue weighted by Crippen LogP contribution is -2.32. The van der Waals surface area contributed by atoms with Gasteiger partial charge in [0.1, 0.15) is 5.78 Å². The van der Waals surface area contributed by atoms with Crippen molar-refractivity contribution in [3.63, 3.8) is 0 Å². The molecule has 16 heavy (non-hydrogen) atoms. The molecule has 1 amide bonds. The van der Waals surface area contributed by atoms with Crippen LogP contribution in [-0.2, 0) is 9.59 Å². The van der Waals surface area contributed by atoms with E-state index in [1.807, 2.05) is 7.05 Å². The van der Waals surface area contributed by atoms with Crippen molar-refractivity contribution in [3.05, 3.63) is 0 Å². The number of unbranched alkanes of at least 4 members (excludes halogenated alkanes) is 1. The largest absolute Gasteiger partial charge is 0.298 e. The number of carbonyl (C=O) groups excluding carboxylic acids is 2. The summed E-state index contributed by atoms with van der Waals surface area (Å²) in [5, 5.41) is 0. The first kappa shape index (κ1) is 13.1. The number of likely N-dealkylation sites (tertiary alicyclic amines) is 1. The lowest BCUT2D eigenvalue weighted by molar-refractivity contribution is -0.124. The topological polar surface area (TPSA) is 75.4 Å². The molecule has 0 bridgehead atoms. The number of nitrogens with zero attached hydrogens (tertiary/aromatic N) is 1. The Morgan fingerprint density at radius 2 is 2.06 bits per heavy atom. The number of rotatable bonds is 6. The lowest BCUT2D eigenvalue weighted by atomic mass is 10.0. The Labute approximate surface area is 96.3 Å². The summed E-state index contributed by atoms with van der Waals surface area (Å²) >= 11 is 0. The van der Waals surface area contributed by atoms with Gasteiger partial charge in [-0.05, 0) is 39.3 Å². The first-order valence-corrected chi connectivity index (χ1v) is 5.87. The summed E-state index contributed by atoms with van der Waals surface area (Å²) in [6, 6.07) is 0.114. The first-order valence-electron chi connectivity index (χ1n) is 5.87. The first-order chi connectivity index (χ1) is 7.65. The fraction of sp³-hybridized carbons (Fsp3) is 0.818. The maximum absolute atomic E-state index is 11.8. The van der Waals surface area contributed by atoms with Crippen molar-refractivity contribution in [1.82, 2.24) is 10.3 Å². The molecule has 92 valence electrons. The van der Waals surface area contributed by atoms with Gasteiger partial charge in [0.2, 0.25) is 5.91 Å².